The molecule has 5 aromatic carbocycles. The van der Waals surface area contributed by atoms with Gasteiger partial charge in [0.25, 0.3) is 0 Å². The highest BCUT2D eigenvalue weighted by molar-refractivity contribution is 5.78. The van der Waals surface area contributed by atoms with Gasteiger partial charge in [-0.05, 0) is 63.7 Å². The third-order valence-electron chi connectivity index (χ3n) is 7.41. The number of hydrogen-bond acceptors (Lipinski definition) is 3. The van der Waals surface area contributed by atoms with Crippen molar-refractivity contribution in [2.75, 3.05) is 0 Å². The average molecular weight is 538 g/mol. The van der Waals surface area contributed by atoms with Crippen molar-refractivity contribution in [1.29, 1.82) is 0 Å². The molecule has 0 aliphatic carbocycles. The lowest BCUT2D eigenvalue weighted by atomic mass is 9.98. The van der Waals surface area contributed by atoms with Crippen molar-refractivity contribution in [2.45, 2.75) is 0 Å². The van der Waals surface area contributed by atoms with Crippen molar-refractivity contribution >= 4 is 0 Å². The molecule has 0 radical (unpaired) electrons. The third-order valence-corrected chi connectivity index (χ3v) is 7.41. The van der Waals surface area contributed by atoms with E-state index < -0.39 is 0 Å². The molecule has 0 aliphatic rings. The molecule has 0 fully saturated rings. The summed E-state index contributed by atoms with van der Waals surface area (Å²) in [5.74, 6) is 0.709. The lowest BCUT2D eigenvalue weighted by Crippen LogP contribution is -1.96. The molecular formula is C39H27N3. The molecule has 0 spiro atoms. The third kappa shape index (κ3) is 5.36. The largest absolute Gasteiger partial charge is 0.265 e. The first-order chi connectivity index (χ1) is 20.8. The van der Waals surface area contributed by atoms with E-state index in [0.717, 1.165) is 50.3 Å². The van der Waals surface area contributed by atoms with Crippen molar-refractivity contribution in [3.8, 4) is 67.3 Å². The molecule has 0 aliphatic heterocycles. The molecule has 3 heteroatoms. The SMILES string of the molecule is c1ccc(-c2cccc(-c3cc(-c4cccc(-c5ccc(-c6ccncc6)cc5)c4)nc(-c4ccccc4)n3)c2)cc1. The smallest absolute Gasteiger partial charge is 0.160 e. The first-order valence-electron chi connectivity index (χ1n) is 14.0. The Kier molecular flexibility index (Phi) is 6.89. The van der Waals surface area contributed by atoms with Gasteiger partial charge in [0.15, 0.2) is 5.82 Å². The van der Waals surface area contributed by atoms with Crippen LogP contribution in [0.4, 0.5) is 0 Å². The lowest BCUT2D eigenvalue weighted by Gasteiger charge is -2.12. The Hall–Kier alpha value is -5.67. The molecule has 0 amide bonds. The number of pyridine rings is 1. The summed E-state index contributed by atoms with van der Waals surface area (Å²) in [6.45, 7) is 0. The maximum absolute atomic E-state index is 5.05. The maximum atomic E-state index is 5.05. The minimum absolute atomic E-state index is 0.709. The average Bonchev–Trinajstić information content (AvgIpc) is 3.09. The van der Waals surface area contributed by atoms with Gasteiger partial charge in [0.05, 0.1) is 11.4 Å². The number of rotatable bonds is 6. The van der Waals surface area contributed by atoms with Crippen LogP contribution in [0, 0.1) is 0 Å². The molecule has 2 heterocycles. The highest BCUT2D eigenvalue weighted by Crippen LogP contribution is 2.32. The zero-order valence-corrected chi connectivity index (χ0v) is 22.9. The first kappa shape index (κ1) is 25.3. The monoisotopic (exact) mass is 537 g/mol. The van der Waals surface area contributed by atoms with Gasteiger partial charge >= 0.3 is 0 Å². The van der Waals surface area contributed by atoms with Crippen LogP contribution < -0.4 is 0 Å². The fraction of sp³-hybridized carbons (Fsp3) is 0. The Labute approximate surface area is 245 Å². The summed E-state index contributed by atoms with van der Waals surface area (Å²) in [7, 11) is 0. The lowest BCUT2D eigenvalue weighted by molar-refractivity contribution is 1.18. The van der Waals surface area contributed by atoms with E-state index in [9.17, 15) is 0 Å². The quantitative estimate of drug-likeness (QED) is 0.212. The van der Waals surface area contributed by atoms with Crippen molar-refractivity contribution < 1.29 is 0 Å². The second-order valence-corrected chi connectivity index (χ2v) is 10.2. The van der Waals surface area contributed by atoms with Crippen molar-refractivity contribution in [3.05, 3.63) is 164 Å². The Morgan fingerprint density at radius 2 is 0.690 bits per heavy atom. The fourth-order valence-corrected chi connectivity index (χ4v) is 5.21. The van der Waals surface area contributed by atoms with E-state index in [2.05, 4.69) is 120 Å². The molecule has 42 heavy (non-hydrogen) atoms. The van der Waals surface area contributed by atoms with Gasteiger partial charge in [-0.1, -0.05) is 121 Å². The van der Waals surface area contributed by atoms with Gasteiger partial charge in [-0.25, -0.2) is 9.97 Å². The van der Waals surface area contributed by atoms with Gasteiger partial charge in [0.1, 0.15) is 0 Å². The predicted molar refractivity (Wildman–Crippen MR) is 172 cm³/mol. The van der Waals surface area contributed by atoms with Crippen LogP contribution in [0.25, 0.3) is 67.3 Å². The number of aromatic nitrogens is 3. The topological polar surface area (TPSA) is 38.7 Å². The standard InChI is InChI=1S/C39H27N3/c1-3-9-28(10-4-1)33-13-7-15-35(25-33)37-27-38(42-39(41-37)32-11-5-2-6-12-32)36-16-8-14-34(26-36)30-19-17-29(18-20-30)31-21-23-40-24-22-31/h1-27H. The maximum Gasteiger partial charge on any atom is 0.160 e. The Morgan fingerprint density at radius 3 is 1.24 bits per heavy atom. The van der Waals surface area contributed by atoms with E-state index in [0.29, 0.717) is 5.82 Å². The van der Waals surface area contributed by atoms with E-state index in [1.807, 2.05) is 48.8 Å². The minimum Gasteiger partial charge on any atom is -0.265 e. The van der Waals surface area contributed by atoms with Gasteiger partial charge in [-0.15, -0.1) is 0 Å². The van der Waals surface area contributed by atoms with Crippen LogP contribution in [0.5, 0.6) is 0 Å². The van der Waals surface area contributed by atoms with Crippen LogP contribution in [-0.2, 0) is 0 Å². The molecule has 7 aromatic rings. The van der Waals surface area contributed by atoms with Crippen LogP contribution in [0.3, 0.4) is 0 Å². The van der Waals surface area contributed by atoms with Crippen molar-refractivity contribution in [3.63, 3.8) is 0 Å². The van der Waals surface area contributed by atoms with Crippen LogP contribution in [0.1, 0.15) is 0 Å². The molecule has 3 nitrogen and oxygen atoms in total. The van der Waals surface area contributed by atoms with Crippen LogP contribution >= 0.6 is 0 Å². The molecule has 0 saturated heterocycles. The van der Waals surface area contributed by atoms with E-state index in [1.54, 1.807) is 0 Å². The fourth-order valence-electron chi connectivity index (χ4n) is 5.21. The van der Waals surface area contributed by atoms with Gasteiger partial charge in [-0.2, -0.15) is 0 Å². The van der Waals surface area contributed by atoms with Gasteiger partial charge in [0, 0.05) is 29.1 Å². The summed E-state index contributed by atoms with van der Waals surface area (Å²) in [4.78, 5) is 14.2. The highest BCUT2D eigenvalue weighted by Gasteiger charge is 2.12. The molecule has 7 rings (SSSR count). The molecule has 0 unspecified atom stereocenters. The number of nitrogens with zero attached hydrogens (tertiary/aromatic N) is 3. The van der Waals surface area contributed by atoms with Crippen LogP contribution in [0.2, 0.25) is 0 Å². The summed E-state index contributed by atoms with van der Waals surface area (Å²) in [5.41, 5.74) is 11.8. The van der Waals surface area contributed by atoms with E-state index in [4.69, 9.17) is 9.97 Å². The van der Waals surface area contributed by atoms with Crippen molar-refractivity contribution in [1.82, 2.24) is 15.0 Å². The summed E-state index contributed by atoms with van der Waals surface area (Å²) >= 11 is 0. The summed E-state index contributed by atoms with van der Waals surface area (Å²) < 4.78 is 0. The zero-order chi connectivity index (χ0) is 28.1. The molecule has 0 atom stereocenters. The van der Waals surface area contributed by atoms with Gasteiger partial charge < -0.3 is 0 Å². The van der Waals surface area contributed by atoms with E-state index in [1.165, 1.54) is 11.1 Å². The number of hydrogen-bond donors (Lipinski definition) is 0. The summed E-state index contributed by atoms with van der Waals surface area (Å²) in [5, 5.41) is 0. The first-order valence-corrected chi connectivity index (χ1v) is 14.0. The van der Waals surface area contributed by atoms with Crippen LogP contribution in [-0.4, -0.2) is 15.0 Å². The summed E-state index contributed by atoms with van der Waals surface area (Å²) in [6.07, 6.45) is 3.65. The Balaban J connectivity index is 1.30. The molecule has 0 N–H and O–H groups in total. The molecule has 0 saturated carbocycles. The molecule has 198 valence electrons. The number of benzene rings is 5. The zero-order valence-electron chi connectivity index (χ0n) is 22.9. The molecule has 0 bridgehead atoms. The second-order valence-electron chi connectivity index (χ2n) is 10.2. The van der Waals surface area contributed by atoms with Gasteiger partial charge in [-0.3, -0.25) is 4.98 Å². The Morgan fingerprint density at radius 1 is 0.286 bits per heavy atom. The normalized spacial score (nSPS) is 10.9. The molecule has 2 aromatic heterocycles. The molecular weight excluding hydrogens is 510 g/mol. The van der Waals surface area contributed by atoms with Crippen LogP contribution in [0.15, 0.2) is 164 Å². The summed E-state index contributed by atoms with van der Waals surface area (Å²) in [6, 6.07) is 52.6. The minimum atomic E-state index is 0.709. The van der Waals surface area contributed by atoms with Gasteiger partial charge in [0.2, 0.25) is 0 Å². The van der Waals surface area contributed by atoms with Crippen molar-refractivity contribution in [2.24, 2.45) is 0 Å². The van der Waals surface area contributed by atoms with E-state index in [-0.39, 0.29) is 0 Å². The Bertz CT molecular complexity index is 1950. The second kappa shape index (κ2) is 11.4. The predicted octanol–water partition coefficient (Wildman–Crippen LogP) is 9.87. The van der Waals surface area contributed by atoms with E-state index >= 15 is 0 Å². The highest BCUT2D eigenvalue weighted by atomic mass is 14.9.